The molecule has 4 N–H and O–H groups in total. The van der Waals surface area contributed by atoms with Crippen LogP contribution >= 0.6 is 11.8 Å². The van der Waals surface area contributed by atoms with Gasteiger partial charge in [-0.1, -0.05) is 31.0 Å². The van der Waals surface area contributed by atoms with Gasteiger partial charge in [0.25, 0.3) is 5.56 Å². The molecular weight excluding hydrogens is 418 g/mol. The van der Waals surface area contributed by atoms with E-state index in [0.29, 0.717) is 0 Å². The van der Waals surface area contributed by atoms with Crippen molar-refractivity contribution in [2.24, 2.45) is 5.92 Å². The predicted molar refractivity (Wildman–Crippen MR) is 105 cm³/mol. The summed E-state index contributed by atoms with van der Waals surface area (Å²) in [6.45, 7) is 1.34. The maximum atomic E-state index is 12.6. The third-order valence-corrected chi connectivity index (χ3v) is 6.74. The number of esters is 1. The van der Waals surface area contributed by atoms with E-state index in [9.17, 15) is 29.7 Å². The second kappa shape index (κ2) is 10.1. The van der Waals surface area contributed by atoms with E-state index >= 15 is 0 Å². The van der Waals surface area contributed by atoms with E-state index in [1.54, 1.807) is 6.92 Å². The van der Waals surface area contributed by atoms with Gasteiger partial charge in [-0.25, -0.2) is 4.79 Å². The van der Waals surface area contributed by atoms with Gasteiger partial charge in [0.1, 0.15) is 23.6 Å². The standard InChI is InChI=1S/C18H27N3O8S/c1-2-28-17(26)13(9-6-4-3-5-7-9)30-15-14(25)19-18(27)21(20-15)16-12(24)11(23)10(8-22)29-16/h9-13,16,22-24H,2-8H2,1H3,(H,19,25,27)/t10-,11-,12-,13?,16-/m1/s1. The highest BCUT2D eigenvalue weighted by molar-refractivity contribution is 8.00. The molecule has 0 amide bonds. The number of aliphatic hydroxyl groups excluding tert-OH is 3. The fourth-order valence-electron chi connectivity index (χ4n) is 3.85. The molecule has 2 fully saturated rings. The topological polar surface area (TPSA) is 164 Å². The van der Waals surface area contributed by atoms with Crippen molar-refractivity contribution in [2.75, 3.05) is 13.2 Å². The molecule has 2 aliphatic rings. The first-order chi connectivity index (χ1) is 14.4. The van der Waals surface area contributed by atoms with Crippen molar-refractivity contribution < 1.29 is 29.6 Å². The molecule has 2 heterocycles. The first-order valence-corrected chi connectivity index (χ1v) is 10.9. The summed E-state index contributed by atoms with van der Waals surface area (Å²) in [5.74, 6) is -0.431. The molecule has 11 nitrogen and oxygen atoms in total. The van der Waals surface area contributed by atoms with Crippen LogP contribution in [0.5, 0.6) is 0 Å². The molecule has 1 saturated heterocycles. The normalized spacial score (nSPS) is 28.4. The number of hydrogen-bond donors (Lipinski definition) is 4. The monoisotopic (exact) mass is 445 g/mol. The lowest BCUT2D eigenvalue weighted by molar-refractivity contribution is -0.143. The van der Waals surface area contributed by atoms with Gasteiger partial charge in [0.05, 0.1) is 13.2 Å². The molecule has 1 aromatic heterocycles. The number of aliphatic hydroxyl groups is 3. The summed E-state index contributed by atoms with van der Waals surface area (Å²) in [6.07, 6.45) is -0.758. The van der Waals surface area contributed by atoms with Gasteiger partial charge in [-0.05, 0) is 25.7 Å². The Labute approximate surface area is 176 Å². The van der Waals surface area contributed by atoms with Crippen LogP contribution in [0.1, 0.15) is 45.3 Å². The lowest BCUT2D eigenvalue weighted by Crippen LogP contribution is -2.41. The van der Waals surface area contributed by atoms with Crippen molar-refractivity contribution in [1.29, 1.82) is 0 Å². The number of hydrogen-bond acceptors (Lipinski definition) is 10. The highest BCUT2D eigenvalue weighted by atomic mass is 32.2. The Morgan fingerprint density at radius 3 is 2.60 bits per heavy atom. The summed E-state index contributed by atoms with van der Waals surface area (Å²) < 4.78 is 11.2. The molecule has 0 bridgehead atoms. The number of rotatable bonds is 7. The fraction of sp³-hybridized carbons (Fsp3) is 0.778. The lowest BCUT2D eigenvalue weighted by Gasteiger charge is -2.28. The van der Waals surface area contributed by atoms with Crippen LogP contribution in [-0.4, -0.2) is 72.8 Å². The molecule has 1 saturated carbocycles. The molecule has 0 aromatic carbocycles. The number of aromatic amines is 1. The Bertz CT molecular complexity index is 853. The highest BCUT2D eigenvalue weighted by Gasteiger charge is 2.44. The molecule has 30 heavy (non-hydrogen) atoms. The van der Waals surface area contributed by atoms with Crippen LogP contribution in [0.25, 0.3) is 0 Å². The molecule has 5 atom stereocenters. The highest BCUT2D eigenvalue weighted by Crippen LogP contribution is 2.35. The van der Waals surface area contributed by atoms with Crippen LogP contribution in [0.15, 0.2) is 14.6 Å². The maximum Gasteiger partial charge on any atom is 0.347 e. The van der Waals surface area contributed by atoms with Gasteiger partial charge in [-0.2, -0.15) is 9.78 Å². The van der Waals surface area contributed by atoms with Crippen molar-refractivity contribution in [3.05, 3.63) is 20.8 Å². The Balaban J connectivity index is 1.91. The van der Waals surface area contributed by atoms with Crippen molar-refractivity contribution >= 4 is 17.7 Å². The summed E-state index contributed by atoms with van der Waals surface area (Å²) >= 11 is 0.922. The molecule has 1 aliphatic carbocycles. The number of nitrogens with zero attached hydrogens (tertiary/aromatic N) is 2. The van der Waals surface area contributed by atoms with E-state index in [-0.39, 0.29) is 17.6 Å². The summed E-state index contributed by atoms with van der Waals surface area (Å²) in [6, 6.07) is 0. The van der Waals surface area contributed by atoms with E-state index < -0.39 is 53.6 Å². The van der Waals surface area contributed by atoms with Crippen LogP contribution in [-0.2, 0) is 14.3 Å². The molecule has 0 radical (unpaired) electrons. The van der Waals surface area contributed by atoms with E-state index in [4.69, 9.17) is 9.47 Å². The van der Waals surface area contributed by atoms with E-state index in [1.807, 2.05) is 0 Å². The van der Waals surface area contributed by atoms with Crippen molar-refractivity contribution in [2.45, 2.75) is 73.8 Å². The van der Waals surface area contributed by atoms with Gasteiger partial charge in [0, 0.05) is 0 Å². The Morgan fingerprint density at radius 1 is 1.30 bits per heavy atom. The number of thioether (sulfide) groups is 1. The molecule has 0 spiro atoms. The van der Waals surface area contributed by atoms with Crippen LogP contribution < -0.4 is 11.2 Å². The predicted octanol–water partition coefficient (Wildman–Crippen LogP) is -0.853. The molecule has 3 rings (SSSR count). The summed E-state index contributed by atoms with van der Waals surface area (Å²) in [5, 5.41) is 32.6. The van der Waals surface area contributed by atoms with Gasteiger partial charge >= 0.3 is 11.7 Å². The van der Waals surface area contributed by atoms with Crippen molar-refractivity contribution in [1.82, 2.24) is 14.8 Å². The fourth-order valence-corrected chi connectivity index (χ4v) is 5.01. The minimum atomic E-state index is -1.53. The van der Waals surface area contributed by atoms with Crippen molar-refractivity contribution in [3.8, 4) is 0 Å². The Kier molecular flexibility index (Phi) is 7.69. The number of H-pyrrole nitrogens is 1. The minimum absolute atomic E-state index is 0.0123. The van der Waals surface area contributed by atoms with E-state index in [0.717, 1.165) is 48.5 Å². The van der Waals surface area contributed by atoms with E-state index in [1.165, 1.54) is 0 Å². The van der Waals surface area contributed by atoms with Crippen LogP contribution in [0.3, 0.4) is 0 Å². The van der Waals surface area contributed by atoms with Crippen LogP contribution in [0.4, 0.5) is 0 Å². The molecule has 1 unspecified atom stereocenters. The van der Waals surface area contributed by atoms with E-state index in [2.05, 4.69) is 10.1 Å². The quantitative estimate of drug-likeness (QED) is 0.307. The van der Waals surface area contributed by atoms with Gasteiger partial charge in [-0.3, -0.25) is 14.6 Å². The summed E-state index contributed by atoms with van der Waals surface area (Å²) in [4.78, 5) is 39.3. The second-order valence-corrected chi connectivity index (χ2v) is 8.56. The zero-order valence-corrected chi connectivity index (χ0v) is 17.4. The van der Waals surface area contributed by atoms with Crippen LogP contribution in [0.2, 0.25) is 0 Å². The Morgan fingerprint density at radius 2 is 2.00 bits per heavy atom. The third kappa shape index (κ3) is 4.78. The number of nitrogens with one attached hydrogen (secondary N) is 1. The summed E-state index contributed by atoms with van der Waals surface area (Å²) in [5.41, 5.74) is -1.71. The SMILES string of the molecule is CCOC(=O)C(Sc1nn([C@@H]2O[C@H](CO)[C@@H](O)[C@H]2O)c(=O)[nH]c1=O)C1CCCCC1. The largest absolute Gasteiger partial charge is 0.465 e. The van der Waals surface area contributed by atoms with Crippen molar-refractivity contribution in [3.63, 3.8) is 0 Å². The van der Waals surface area contributed by atoms with Gasteiger partial charge in [-0.15, -0.1) is 0 Å². The lowest BCUT2D eigenvalue weighted by atomic mass is 9.87. The van der Waals surface area contributed by atoms with Gasteiger partial charge < -0.3 is 24.8 Å². The molecular formula is C18H27N3O8S. The summed E-state index contributed by atoms with van der Waals surface area (Å²) in [7, 11) is 0. The zero-order chi connectivity index (χ0) is 21.8. The third-order valence-electron chi connectivity index (χ3n) is 5.42. The number of ether oxygens (including phenoxy) is 2. The minimum Gasteiger partial charge on any atom is -0.465 e. The van der Waals surface area contributed by atoms with Crippen LogP contribution in [0, 0.1) is 5.92 Å². The van der Waals surface area contributed by atoms with Gasteiger partial charge in [0.15, 0.2) is 11.3 Å². The number of carbonyl (C=O) groups excluding carboxylic acids is 1. The smallest absolute Gasteiger partial charge is 0.347 e. The molecule has 12 heteroatoms. The average Bonchev–Trinajstić information content (AvgIpc) is 3.02. The maximum absolute atomic E-state index is 12.6. The second-order valence-electron chi connectivity index (χ2n) is 7.43. The number of carbonyl (C=O) groups is 1. The molecule has 168 valence electrons. The molecule has 1 aliphatic heterocycles. The zero-order valence-electron chi connectivity index (χ0n) is 16.6. The molecule has 1 aromatic rings. The average molecular weight is 445 g/mol. The number of aromatic nitrogens is 3. The Hall–Kier alpha value is -1.73. The first-order valence-electron chi connectivity index (χ1n) is 10.1. The first kappa shape index (κ1) is 22.9. The van der Waals surface area contributed by atoms with Gasteiger partial charge in [0.2, 0.25) is 0 Å².